The molecule has 196 valence electrons. The summed E-state index contributed by atoms with van der Waals surface area (Å²) < 4.78 is 7.59. The number of ether oxygens (including phenoxy) is 1. The zero-order valence-corrected chi connectivity index (χ0v) is 22.0. The molecule has 0 unspecified atom stereocenters. The standard InChI is InChI=1S/C28H46N4O3/c1-4-6-7-8-19(3)30-28-29-18-26-24(20-9-11-22(12-10-20)27(34)35-5-2)17-25(32(26)31-28)21-13-15-23(33)16-14-21/h17,19-23,33H,4-16,18H2,1-3H3,(H2,29,30,31)/t19-,20?,21?,22?,23?/m0/s1. The molecule has 2 heterocycles. The summed E-state index contributed by atoms with van der Waals surface area (Å²) in [5.41, 5.74) is 7.63. The van der Waals surface area contributed by atoms with Crippen molar-refractivity contribution >= 4 is 11.9 Å². The minimum atomic E-state index is -0.157. The summed E-state index contributed by atoms with van der Waals surface area (Å²) in [6.45, 7) is 7.50. The fourth-order valence-electron chi connectivity index (χ4n) is 6.19. The lowest BCUT2D eigenvalue weighted by Gasteiger charge is -2.30. The van der Waals surface area contributed by atoms with Crippen LogP contribution in [0.2, 0.25) is 0 Å². The molecule has 0 amide bonds. The SMILES string of the molecule is CCCCC[C@H](C)NC1=NCc2c(C3CCC(C(=O)OCC)CC3)cc(C3CCC(O)CC3)n2N1. The molecule has 3 N–H and O–H groups in total. The van der Waals surface area contributed by atoms with Crippen LogP contribution < -0.4 is 10.7 Å². The summed E-state index contributed by atoms with van der Waals surface area (Å²) >= 11 is 0. The topological polar surface area (TPSA) is 87.9 Å². The number of nitrogens with one attached hydrogen (secondary N) is 2. The smallest absolute Gasteiger partial charge is 0.308 e. The molecule has 0 aromatic carbocycles. The summed E-state index contributed by atoms with van der Waals surface area (Å²) in [6.07, 6.45) is 12.4. The van der Waals surface area contributed by atoms with E-state index < -0.39 is 0 Å². The Morgan fingerprint density at radius 3 is 2.54 bits per heavy atom. The van der Waals surface area contributed by atoms with E-state index in [0.29, 0.717) is 31.0 Å². The molecule has 2 saturated carbocycles. The van der Waals surface area contributed by atoms with E-state index in [9.17, 15) is 9.90 Å². The average molecular weight is 487 g/mol. The van der Waals surface area contributed by atoms with Crippen LogP contribution in [-0.4, -0.2) is 40.5 Å². The number of fused-ring (bicyclic) bond motifs is 1. The van der Waals surface area contributed by atoms with Gasteiger partial charge in [-0.05, 0) is 89.2 Å². The highest BCUT2D eigenvalue weighted by molar-refractivity contribution is 5.88. The van der Waals surface area contributed by atoms with Crippen LogP contribution >= 0.6 is 0 Å². The van der Waals surface area contributed by atoms with E-state index in [0.717, 1.165) is 63.7 Å². The third kappa shape index (κ3) is 6.41. The molecule has 1 aromatic rings. The summed E-state index contributed by atoms with van der Waals surface area (Å²) in [5.74, 6) is 1.80. The highest BCUT2D eigenvalue weighted by Crippen LogP contribution is 2.42. The van der Waals surface area contributed by atoms with Gasteiger partial charge in [-0.3, -0.25) is 14.9 Å². The lowest BCUT2D eigenvalue weighted by Crippen LogP contribution is -2.44. The van der Waals surface area contributed by atoms with E-state index in [2.05, 4.69) is 35.3 Å². The van der Waals surface area contributed by atoms with Gasteiger partial charge in [0.1, 0.15) is 0 Å². The first-order chi connectivity index (χ1) is 17.0. The van der Waals surface area contributed by atoms with Crippen molar-refractivity contribution in [2.24, 2.45) is 10.9 Å². The normalized spacial score (nSPS) is 27.4. The van der Waals surface area contributed by atoms with Crippen LogP contribution in [0.1, 0.15) is 127 Å². The molecule has 7 nitrogen and oxygen atoms in total. The van der Waals surface area contributed by atoms with Gasteiger partial charge in [0, 0.05) is 17.7 Å². The van der Waals surface area contributed by atoms with Crippen LogP contribution in [0.3, 0.4) is 0 Å². The molecule has 3 aliphatic rings. The molecule has 4 rings (SSSR count). The second-order valence-corrected chi connectivity index (χ2v) is 10.9. The van der Waals surface area contributed by atoms with Crippen LogP contribution in [0.5, 0.6) is 0 Å². The van der Waals surface area contributed by atoms with Gasteiger partial charge in [0.15, 0.2) is 0 Å². The summed E-state index contributed by atoms with van der Waals surface area (Å²) in [7, 11) is 0. The number of aliphatic hydroxyl groups excluding tert-OH is 1. The zero-order valence-electron chi connectivity index (χ0n) is 22.0. The highest BCUT2D eigenvalue weighted by Gasteiger charge is 2.33. The third-order valence-corrected chi connectivity index (χ3v) is 8.30. The summed E-state index contributed by atoms with van der Waals surface area (Å²) in [5, 5.41) is 13.7. The quantitative estimate of drug-likeness (QED) is 0.325. The number of esters is 1. The van der Waals surface area contributed by atoms with Crippen molar-refractivity contribution in [1.82, 2.24) is 9.99 Å². The number of carbonyl (C=O) groups excluding carboxylic acids is 1. The fraction of sp³-hybridized carbons (Fsp3) is 0.786. The van der Waals surface area contributed by atoms with Gasteiger partial charge < -0.3 is 15.2 Å². The van der Waals surface area contributed by atoms with Crippen molar-refractivity contribution in [2.45, 2.75) is 128 Å². The molecular weight excluding hydrogens is 440 g/mol. The largest absolute Gasteiger partial charge is 0.466 e. The van der Waals surface area contributed by atoms with Crippen molar-refractivity contribution in [3.63, 3.8) is 0 Å². The second kappa shape index (κ2) is 12.3. The number of aliphatic imine (C=N–C) groups is 1. The van der Waals surface area contributed by atoms with Gasteiger partial charge in [0.05, 0.1) is 30.9 Å². The van der Waals surface area contributed by atoms with Gasteiger partial charge in [-0.1, -0.05) is 26.2 Å². The van der Waals surface area contributed by atoms with Crippen molar-refractivity contribution < 1.29 is 14.6 Å². The Kier molecular flexibility index (Phi) is 9.15. The fourth-order valence-corrected chi connectivity index (χ4v) is 6.19. The van der Waals surface area contributed by atoms with Gasteiger partial charge in [0.25, 0.3) is 0 Å². The molecule has 1 aromatic heterocycles. The van der Waals surface area contributed by atoms with Gasteiger partial charge in [-0.25, -0.2) is 4.99 Å². The third-order valence-electron chi connectivity index (χ3n) is 8.30. The van der Waals surface area contributed by atoms with Crippen LogP contribution in [0, 0.1) is 5.92 Å². The molecule has 35 heavy (non-hydrogen) atoms. The van der Waals surface area contributed by atoms with E-state index in [1.165, 1.54) is 36.2 Å². The van der Waals surface area contributed by atoms with E-state index in [-0.39, 0.29) is 18.0 Å². The van der Waals surface area contributed by atoms with Crippen molar-refractivity contribution in [3.8, 4) is 0 Å². The van der Waals surface area contributed by atoms with Crippen LogP contribution in [0.25, 0.3) is 0 Å². The maximum absolute atomic E-state index is 12.2. The molecule has 0 bridgehead atoms. The van der Waals surface area contributed by atoms with Crippen molar-refractivity contribution in [2.75, 3.05) is 12.0 Å². The average Bonchev–Trinajstić information content (AvgIpc) is 3.24. The number of guanidine groups is 1. The van der Waals surface area contributed by atoms with Gasteiger partial charge >= 0.3 is 5.97 Å². The minimum absolute atomic E-state index is 0.0265. The Morgan fingerprint density at radius 1 is 1.14 bits per heavy atom. The summed E-state index contributed by atoms with van der Waals surface area (Å²) in [4.78, 5) is 17.1. The molecule has 2 aliphatic carbocycles. The predicted molar refractivity (Wildman–Crippen MR) is 140 cm³/mol. The maximum Gasteiger partial charge on any atom is 0.308 e. The van der Waals surface area contributed by atoms with E-state index in [1.54, 1.807) is 0 Å². The number of unbranched alkanes of at least 4 members (excludes halogenated alkanes) is 2. The first kappa shape index (κ1) is 26.1. The van der Waals surface area contributed by atoms with E-state index >= 15 is 0 Å². The van der Waals surface area contributed by atoms with Gasteiger partial charge in [0.2, 0.25) is 5.96 Å². The molecule has 0 spiro atoms. The molecule has 2 fully saturated rings. The van der Waals surface area contributed by atoms with E-state index in [4.69, 9.17) is 9.73 Å². The molecule has 1 aliphatic heterocycles. The Hall–Kier alpha value is -2.02. The molecule has 0 saturated heterocycles. The number of hydrogen-bond acceptors (Lipinski definition) is 6. The molecular formula is C28H46N4O3. The highest BCUT2D eigenvalue weighted by atomic mass is 16.5. The predicted octanol–water partition coefficient (Wildman–Crippen LogP) is 5.32. The number of rotatable bonds is 9. The zero-order chi connectivity index (χ0) is 24.8. The van der Waals surface area contributed by atoms with Crippen LogP contribution in [-0.2, 0) is 16.1 Å². The van der Waals surface area contributed by atoms with Crippen molar-refractivity contribution in [1.29, 1.82) is 0 Å². The number of aromatic nitrogens is 1. The Balaban J connectivity index is 1.49. The first-order valence-electron chi connectivity index (χ1n) is 14.2. The molecule has 0 radical (unpaired) electrons. The van der Waals surface area contributed by atoms with E-state index in [1.807, 2.05) is 6.92 Å². The van der Waals surface area contributed by atoms with Crippen molar-refractivity contribution in [3.05, 3.63) is 23.0 Å². The number of hydrogen-bond donors (Lipinski definition) is 3. The lowest BCUT2D eigenvalue weighted by atomic mass is 9.78. The number of nitrogens with zero attached hydrogens (tertiary/aromatic N) is 2. The minimum Gasteiger partial charge on any atom is -0.466 e. The van der Waals surface area contributed by atoms with Gasteiger partial charge in [-0.2, -0.15) is 0 Å². The number of carbonyl (C=O) groups is 1. The monoisotopic (exact) mass is 486 g/mol. The molecule has 7 heteroatoms. The van der Waals surface area contributed by atoms with Crippen LogP contribution in [0.15, 0.2) is 11.1 Å². The second-order valence-electron chi connectivity index (χ2n) is 10.9. The summed E-state index contributed by atoms with van der Waals surface area (Å²) in [6, 6.07) is 2.80. The Morgan fingerprint density at radius 2 is 1.86 bits per heavy atom. The maximum atomic E-state index is 12.2. The van der Waals surface area contributed by atoms with Gasteiger partial charge in [-0.15, -0.1) is 0 Å². The Labute approximate surface area is 211 Å². The first-order valence-corrected chi connectivity index (χ1v) is 14.2. The number of aliphatic hydroxyl groups is 1. The molecule has 1 atom stereocenters. The Bertz CT molecular complexity index is 864. The lowest BCUT2D eigenvalue weighted by molar-refractivity contribution is -0.149. The van der Waals surface area contributed by atoms with Crippen LogP contribution in [0.4, 0.5) is 0 Å².